The van der Waals surface area contributed by atoms with Crippen LogP contribution in [0.3, 0.4) is 0 Å². The van der Waals surface area contributed by atoms with Gasteiger partial charge in [-0.2, -0.15) is 0 Å². The van der Waals surface area contributed by atoms with Gasteiger partial charge in [-0.1, -0.05) is 29.8 Å². The Labute approximate surface area is 103 Å². The number of aromatic hydroxyl groups is 1. The zero-order valence-electron chi connectivity index (χ0n) is 8.84. The summed E-state index contributed by atoms with van der Waals surface area (Å²) in [6, 6.07) is 10.9. The van der Waals surface area contributed by atoms with Gasteiger partial charge in [0.15, 0.2) is 11.4 Å². The molecule has 0 aliphatic carbocycles. The Balaban J connectivity index is 2.33. The number of hydrogen-bond donors (Lipinski definition) is 1. The monoisotopic (exact) mass is 244 g/mol. The highest BCUT2D eigenvalue weighted by Crippen LogP contribution is 2.29. The van der Waals surface area contributed by atoms with E-state index in [1.807, 2.05) is 34.9 Å². The second kappa shape index (κ2) is 3.79. The molecule has 0 spiro atoms. The third kappa shape index (κ3) is 1.56. The van der Waals surface area contributed by atoms with E-state index >= 15 is 0 Å². The molecule has 1 N–H and O–H groups in total. The summed E-state index contributed by atoms with van der Waals surface area (Å²) in [4.78, 5) is 4.19. The molecule has 4 heteroatoms. The molecule has 3 rings (SSSR count). The van der Waals surface area contributed by atoms with Crippen molar-refractivity contribution in [3.8, 4) is 17.0 Å². The lowest BCUT2D eigenvalue weighted by molar-refractivity contribution is 0.477. The maximum absolute atomic E-state index is 9.68. The Bertz CT molecular complexity index is 691. The highest BCUT2D eigenvalue weighted by atomic mass is 35.5. The van der Waals surface area contributed by atoms with Crippen molar-refractivity contribution >= 4 is 17.2 Å². The van der Waals surface area contributed by atoms with Gasteiger partial charge < -0.3 is 5.11 Å². The molecule has 84 valence electrons. The Kier molecular flexibility index (Phi) is 2.27. The molecule has 0 amide bonds. The van der Waals surface area contributed by atoms with Crippen LogP contribution in [-0.2, 0) is 0 Å². The highest BCUT2D eigenvalue weighted by molar-refractivity contribution is 6.33. The lowest BCUT2D eigenvalue weighted by Gasteiger charge is -2.04. The number of fused-ring (bicyclic) bond motifs is 1. The first-order valence-corrected chi connectivity index (χ1v) is 5.55. The molecule has 0 aliphatic heterocycles. The number of benzene rings is 1. The first kappa shape index (κ1) is 10.2. The van der Waals surface area contributed by atoms with Crippen LogP contribution in [0.4, 0.5) is 0 Å². The van der Waals surface area contributed by atoms with Gasteiger partial charge in [0.05, 0.1) is 11.9 Å². The zero-order chi connectivity index (χ0) is 11.8. The fourth-order valence-corrected chi connectivity index (χ4v) is 2.10. The third-order valence-corrected chi connectivity index (χ3v) is 2.99. The SMILES string of the molecule is Oc1cccn2c(-c3ccccc3Cl)cnc12. The molecule has 17 heavy (non-hydrogen) atoms. The van der Waals surface area contributed by atoms with Crippen molar-refractivity contribution in [1.82, 2.24) is 9.38 Å². The van der Waals surface area contributed by atoms with Crippen molar-refractivity contribution in [2.75, 3.05) is 0 Å². The minimum Gasteiger partial charge on any atom is -0.504 e. The smallest absolute Gasteiger partial charge is 0.179 e. The van der Waals surface area contributed by atoms with Crippen molar-refractivity contribution in [2.45, 2.75) is 0 Å². The van der Waals surface area contributed by atoms with E-state index < -0.39 is 0 Å². The molecule has 3 aromatic rings. The summed E-state index contributed by atoms with van der Waals surface area (Å²) < 4.78 is 1.82. The van der Waals surface area contributed by atoms with E-state index in [1.165, 1.54) is 0 Å². The van der Waals surface area contributed by atoms with E-state index in [1.54, 1.807) is 18.3 Å². The number of hydrogen-bond acceptors (Lipinski definition) is 2. The molecule has 0 bridgehead atoms. The van der Waals surface area contributed by atoms with Gasteiger partial charge in [0.1, 0.15) is 0 Å². The number of rotatable bonds is 1. The molecule has 0 saturated carbocycles. The second-order valence-corrected chi connectivity index (χ2v) is 4.12. The van der Waals surface area contributed by atoms with Crippen molar-refractivity contribution in [1.29, 1.82) is 0 Å². The standard InChI is InChI=1S/C13H9ClN2O/c14-10-5-2-1-4-9(10)11-8-15-13-12(17)6-3-7-16(11)13/h1-8,17H. The molecular weight excluding hydrogens is 236 g/mol. The molecule has 0 fully saturated rings. The maximum atomic E-state index is 9.68. The zero-order valence-corrected chi connectivity index (χ0v) is 9.59. The van der Waals surface area contributed by atoms with Gasteiger partial charge in [0.25, 0.3) is 0 Å². The topological polar surface area (TPSA) is 37.5 Å². The van der Waals surface area contributed by atoms with E-state index in [0.717, 1.165) is 11.3 Å². The predicted octanol–water partition coefficient (Wildman–Crippen LogP) is 3.36. The molecular formula is C13H9ClN2O. The van der Waals surface area contributed by atoms with E-state index in [-0.39, 0.29) is 5.75 Å². The van der Waals surface area contributed by atoms with Crippen LogP contribution < -0.4 is 0 Å². The molecule has 1 aromatic carbocycles. The van der Waals surface area contributed by atoms with E-state index in [4.69, 9.17) is 11.6 Å². The van der Waals surface area contributed by atoms with Gasteiger partial charge >= 0.3 is 0 Å². The summed E-state index contributed by atoms with van der Waals surface area (Å²) in [5.74, 6) is 0.158. The second-order valence-electron chi connectivity index (χ2n) is 3.71. The summed E-state index contributed by atoms with van der Waals surface area (Å²) >= 11 is 6.15. The molecule has 0 saturated heterocycles. The number of pyridine rings is 1. The van der Waals surface area contributed by atoms with Crippen LogP contribution in [0, 0.1) is 0 Å². The number of aromatic nitrogens is 2. The normalized spacial score (nSPS) is 10.9. The molecule has 0 unspecified atom stereocenters. The summed E-state index contributed by atoms with van der Waals surface area (Å²) in [5, 5.41) is 10.3. The van der Waals surface area contributed by atoms with Crippen molar-refractivity contribution in [3.05, 3.63) is 53.8 Å². The van der Waals surface area contributed by atoms with Crippen LogP contribution in [0.2, 0.25) is 5.02 Å². The van der Waals surface area contributed by atoms with Crippen LogP contribution in [0.5, 0.6) is 5.75 Å². The predicted molar refractivity (Wildman–Crippen MR) is 67.3 cm³/mol. The summed E-state index contributed by atoms with van der Waals surface area (Å²) in [7, 11) is 0. The van der Waals surface area contributed by atoms with Gasteiger partial charge in [-0.3, -0.25) is 4.40 Å². The molecule has 2 heterocycles. The molecule has 0 radical (unpaired) electrons. The van der Waals surface area contributed by atoms with Gasteiger partial charge in [-0.05, 0) is 18.2 Å². The summed E-state index contributed by atoms with van der Waals surface area (Å²) in [6.07, 6.45) is 3.55. The first-order chi connectivity index (χ1) is 8.27. The average Bonchev–Trinajstić information content (AvgIpc) is 2.75. The number of halogens is 1. The quantitative estimate of drug-likeness (QED) is 0.713. The Hall–Kier alpha value is -2.00. The fraction of sp³-hybridized carbons (Fsp3) is 0. The fourth-order valence-electron chi connectivity index (χ4n) is 1.86. The van der Waals surface area contributed by atoms with Gasteiger partial charge in [-0.15, -0.1) is 0 Å². The van der Waals surface area contributed by atoms with Crippen molar-refractivity contribution in [3.63, 3.8) is 0 Å². The van der Waals surface area contributed by atoms with Gasteiger partial charge in [-0.25, -0.2) is 4.98 Å². The molecule has 2 aromatic heterocycles. The Morgan fingerprint density at radius 1 is 1.12 bits per heavy atom. The lowest BCUT2D eigenvalue weighted by Crippen LogP contribution is -1.88. The minimum absolute atomic E-state index is 0.158. The van der Waals surface area contributed by atoms with E-state index in [2.05, 4.69) is 4.98 Å². The molecule has 0 atom stereocenters. The van der Waals surface area contributed by atoms with Crippen LogP contribution >= 0.6 is 11.6 Å². The molecule has 0 aliphatic rings. The number of nitrogens with zero attached hydrogens (tertiary/aromatic N) is 2. The third-order valence-electron chi connectivity index (χ3n) is 2.66. The largest absolute Gasteiger partial charge is 0.504 e. The van der Waals surface area contributed by atoms with Crippen molar-refractivity contribution < 1.29 is 5.11 Å². The first-order valence-electron chi connectivity index (χ1n) is 5.17. The maximum Gasteiger partial charge on any atom is 0.179 e. The summed E-state index contributed by atoms with van der Waals surface area (Å²) in [5.41, 5.74) is 2.29. The van der Waals surface area contributed by atoms with Crippen LogP contribution in [0.15, 0.2) is 48.8 Å². The van der Waals surface area contributed by atoms with E-state index in [9.17, 15) is 5.11 Å². The molecule has 3 nitrogen and oxygen atoms in total. The lowest BCUT2D eigenvalue weighted by atomic mass is 10.2. The minimum atomic E-state index is 0.158. The summed E-state index contributed by atoms with van der Waals surface area (Å²) in [6.45, 7) is 0. The van der Waals surface area contributed by atoms with E-state index in [0.29, 0.717) is 10.7 Å². The average molecular weight is 245 g/mol. The van der Waals surface area contributed by atoms with Crippen molar-refractivity contribution in [2.24, 2.45) is 0 Å². The van der Waals surface area contributed by atoms with Crippen LogP contribution in [-0.4, -0.2) is 14.5 Å². The number of imidazole rings is 1. The Morgan fingerprint density at radius 2 is 1.94 bits per heavy atom. The van der Waals surface area contributed by atoms with Gasteiger partial charge in [0.2, 0.25) is 0 Å². The van der Waals surface area contributed by atoms with Crippen LogP contribution in [0.1, 0.15) is 0 Å². The van der Waals surface area contributed by atoms with Gasteiger partial charge in [0, 0.05) is 16.8 Å². The Morgan fingerprint density at radius 3 is 2.76 bits per heavy atom. The highest BCUT2D eigenvalue weighted by Gasteiger charge is 2.10. The van der Waals surface area contributed by atoms with Crippen LogP contribution in [0.25, 0.3) is 16.9 Å².